The number of aryl methyl sites for hydroxylation is 1. The van der Waals surface area contributed by atoms with E-state index in [9.17, 15) is 4.79 Å². The van der Waals surface area contributed by atoms with Crippen LogP contribution in [0.4, 0.5) is 0 Å². The van der Waals surface area contributed by atoms with Gasteiger partial charge in [0.15, 0.2) is 0 Å². The van der Waals surface area contributed by atoms with Crippen molar-refractivity contribution >= 4 is 17.0 Å². The van der Waals surface area contributed by atoms with Gasteiger partial charge in [-0.25, -0.2) is 9.78 Å². The van der Waals surface area contributed by atoms with E-state index in [0.29, 0.717) is 0 Å². The topological polar surface area (TPSA) is 66.0 Å². The first-order chi connectivity index (χ1) is 6.16. The standard InChI is InChI=1S/C9H8N2O2.ClH/c1-5-10-7-3-2-6(9(12)13)4-8(7)11-5;/h2-4H,1H3,(H,10,11)(H,12,13);1H/p-1. The second-order valence-electron chi connectivity index (χ2n) is 2.86. The van der Waals surface area contributed by atoms with Gasteiger partial charge in [0.05, 0.1) is 16.6 Å². The number of imidazole rings is 1. The highest BCUT2D eigenvalue weighted by Crippen LogP contribution is 2.13. The summed E-state index contributed by atoms with van der Waals surface area (Å²) in [7, 11) is 0. The van der Waals surface area contributed by atoms with Crippen molar-refractivity contribution in [2.75, 3.05) is 0 Å². The first-order valence-corrected chi connectivity index (χ1v) is 3.86. The van der Waals surface area contributed by atoms with Gasteiger partial charge in [0, 0.05) is 0 Å². The van der Waals surface area contributed by atoms with Crippen molar-refractivity contribution in [2.45, 2.75) is 6.92 Å². The van der Waals surface area contributed by atoms with Gasteiger partial charge in [-0.2, -0.15) is 0 Å². The summed E-state index contributed by atoms with van der Waals surface area (Å²) in [6.45, 7) is 1.83. The third-order valence-corrected chi connectivity index (χ3v) is 1.85. The van der Waals surface area contributed by atoms with Gasteiger partial charge in [0.1, 0.15) is 5.82 Å². The molecule has 0 aliphatic heterocycles. The molecule has 0 radical (unpaired) electrons. The van der Waals surface area contributed by atoms with Crippen molar-refractivity contribution in [2.24, 2.45) is 0 Å². The number of carboxylic acids is 1. The van der Waals surface area contributed by atoms with Crippen LogP contribution in [0.3, 0.4) is 0 Å². The molecule has 2 N–H and O–H groups in total. The number of rotatable bonds is 1. The summed E-state index contributed by atoms with van der Waals surface area (Å²) in [4.78, 5) is 17.8. The lowest BCUT2D eigenvalue weighted by Crippen LogP contribution is -3.00. The molecule has 1 aromatic heterocycles. The molecule has 0 aliphatic carbocycles. The van der Waals surface area contributed by atoms with E-state index in [1.807, 2.05) is 6.92 Å². The summed E-state index contributed by atoms with van der Waals surface area (Å²) in [5.74, 6) is -0.133. The zero-order valence-electron chi connectivity index (χ0n) is 7.41. The second kappa shape index (κ2) is 3.67. The maximum Gasteiger partial charge on any atom is 0.335 e. The van der Waals surface area contributed by atoms with E-state index >= 15 is 0 Å². The molecule has 0 saturated heterocycles. The number of H-pyrrole nitrogens is 1. The molecular weight excluding hydrogens is 204 g/mol. The Morgan fingerprint density at radius 2 is 2.21 bits per heavy atom. The summed E-state index contributed by atoms with van der Waals surface area (Å²) >= 11 is 0. The number of carbonyl (C=O) groups is 1. The minimum absolute atomic E-state index is 0. The molecule has 4 nitrogen and oxygen atoms in total. The number of carboxylic acid groups (broad SMARTS) is 1. The molecule has 2 aromatic rings. The molecule has 0 fully saturated rings. The van der Waals surface area contributed by atoms with Gasteiger partial charge < -0.3 is 22.5 Å². The van der Waals surface area contributed by atoms with Crippen LogP contribution in [0.1, 0.15) is 16.2 Å². The number of fused-ring (bicyclic) bond motifs is 1. The van der Waals surface area contributed by atoms with E-state index in [2.05, 4.69) is 9.97 Å². The van der Waals surface area contributed by atoms with Crippen molar-refractivity contribution in [3.8, 4) is 0 Å². The minimum atomic E-state index is -0.922. The SMILES string of the molecule is Cc1nc2ccc(C(=O)O)cc2[nH]1.[Cl-]. The molecule has 2 rings (SSSR count). The smallest absolute Gasteiger partial charge is 0.335 e. The van der Waals surface area contributed by atoms with Gasteiger partial charge in [-0.15, -0.1) is 0 Å². The molecule has 0 amide bonds. The molecule has 1 aromatic carbocycles. The van der Waals surface area contributed by atoms with Crippen molar-refractivity contribution in [3.05, 3.63) is 29.6 Å². The summed E-state index contributed by atoms with van der Waals surface area (Å²) in [5, 5.41) is 8.72. The van der Waals surface area contributed by atoms with Crippen LogP contribution >= 0.6 is 0 Å². The van der Waals surface area contributed by atoms with E-state index in [-0.39, 0.29) is 18.0 Å². The molecule has 5 heteroatoms. The van der Waals surface area contributed by atoms with E-state index in [1.165, 1.54) is 0 Å². The van der Waals surface area contributed by atoms with Crippen molar-refractivity contribution < 1.29 is 22.3 Å². The Kier molecular flexibility index (Phi) is 2.76. The fourth-order valence-corrected chi connectivity index (χ4v) is 1.27. The van der Waals surface area contributed by atoms with Gasteiger partial charge in [-0.1, -0.05) is 0 Å². The van der Waals surface area contributed by atoms with Crippen molar-refractivity contribution in [3.63, 3.8) is 0 Å². The first kappa shape index (κ1) is 10.5. The molecule has 0 bridgehead atoms. The number of nitrogens with zero attached hydrogens (tertiary/aromatic N) is 1. The number of benzene rings is 1. The Morgan fingerprint density at radius 3 is 2.86 bits per heavy atom. The quantitative estimate of drug-likeness (QED) is 0.608. The Labute approximate surface area is 86.4 Å². The normalized spacial score (nSPS) is 9.79. The predicted molar refractivity (Wildman–Crippen MR) is 47.8 cm³/mol. The van der Waals surface area contributed by atoms with E-state index in [0.717, 1.165) is 16.9 Å². The van der Waals surface area contributed by atoms with Crippen LogP contribution < -0.4 is 12.4 Å². The van der Waals surface area contributed by atoms with Crippen LogP contribution in [0.2, 0.25) is 0 Å². The molecule has 0 aliphatic rings. The Balaban J connectivity index is 0.000000980. The van der Waals surface area contributed by atoms with Crippen LogP contribution in [0.25, 0.3) is 11.0 Å². The van der Waals surface area contributed by atoms with Crippen LogP contribution in [0.15, 0.2) is 18.2 Å². The van der Waals surface area contributed by atoms with E-state index in [4.69, 9.17) is 5.11 Å². The molecule has 0 unspecified atom stereocenters. The van der Waals surface area contributed by atoms with Crippen LogP contribution in [-0.4, -0.2) is 21.0 Å². The second-order valence-corrected chi connectivity index (χ2v) is 2.86. The van der Waals surface area contributed by atoms with Crippen LogP contribution in [-0.2, 0) is 0 Å². The highest BCUT2D eigenvalue weighted by atomic mass is 35.5. The number of nitrogens with one attached hydrogen (secondary N) is 1. The first-order valence-electron chi connectivity index (χ1n) is 3.86. The minimum Gasteiger partial charge on any atom is -1.00 e. The van der Waals surface area contributed by atoms with Crippen LogP contribution in [0, 0.1) is 6.92 Å². The number of hydrogen-bond acceptors (Lipinski definition) is 2. The van der Waals surface area contributed by atoms with Crippen molar-refractivity contribution in [1.29, 1.82) is 0 Å². The van der Waals surface area contributed by atoms with E-state index < -0.39 is 5.97 Å². The highest BCUT2D eigenvalue weighted by molar-refractivity contribution is 5.92. The number of aromatic nitrogens is 2. The zero-order chi connectivity index (χ0) is 9.42. The third kappa shape index (κ3) is 1.70. The monoisotopic (exact) mass is 211 g/mol. The average molecular weight is 212 g/mol. The van der Waals surface area contributed by atoms with Crippen LogP contribution in [0.5, 0.6) is 0 Å². The zero-order valence-corrected chi connectivity index (χ0v) is 8.17. The molecular formula is C9H8ClN2O2-. The molecule has 74 valence electrons. The highest BCUT2D eigenvalue weighted by Gasteiger charge is 2.05. The van der Waals surface area contributed by atoms with Gasteiger partial charge in [-0.3, -0.25) is 0 Å². The fourth-order valence-electron chi connectivity index (χ4n) is 1.27. The number of halogens is 1. The van der Waals surface area contributed by atoms with Gasteiger partial charge in [0.2, 0.25) is 0 Å². The Morgan fingerprint density at radius 1 is 1.50 bits per heavy atom. The number of aromatic amines is 1. The molecule has 1 heterocycles. The number of aromatic carboxylic acids is 1. The van der Waals surface area contributed by atoms with Gasteiger partial charge in [0.25, 0.3) is 0 Å². The summed E-state index contributed by atoms with van der Waals surface area (Å²) < 4.78 is 0. The predicted octanol–water partition coefficient (Wildman–Crippen LogP) is -1.43. The lowest BCUT2D eigenvalue weighted by atomic mass is 10.2. The summed E-state index contributed by atoms with van der Waals surface area (Å²) in [6.07, 6.45) is 0. The van der Waals surface area contributed by atoms with E-state index in [1.54, 1.807) is 18.2 Å². The van der Waals surface area contributed by atoms with Crippen molar-refractivity contribution in [1.82, 2.24) is 9.97 Å². The largest absolute Gasteiger partial charge is 1.00 e. The molecule has 0 spiro atoms. The van der Waals surface area contributed by atoms with Gasteiger partial charge >= 0.3 is 5.97 Å². The maximum atomic E-state index is 10.6. The summed E-state index contributed by atoms with van der Waals surface area (Å²) in [5.41, 5.74) is 1.83. The van der Waals surface area contributed by atoms with Gasteiger partial charge in [-0.05, 0) is 25.1 Å². The average Bonchev–Trinajstić information content (AvgIpc) is 2.42. The molecule has 0 atom stereocenters. The lowest BCUT2D eigenvalue weighted by molar-refractivity contribution is -0.0000184. The molecule has 14 heavy (non-hydrogen) atoms. The number of hydrogen-bond donors (Lipinski definition) is 2. The summed E-state index contributed by atoms with van der Waals surface area (Å²) in [6, 6.07) is 4.82. The molecule has 0 saturated carbocycles. The maximum absolute atomic E-state index is 10.6. The lowest BCUT2D eigenvalue weighted by Gasteiger charge is -1.92. The Hall–Kier alpha value is -1.55. The third-order valence-electron chi connectivity index (χ3n) is 1.85. The Bertz CT molecular complexity index is 479. The fraction of sp³-hybridized carbons (Fsp3) is 0.111.